The minimum Gasteiger partial charge on any atom is -0.378 e. The summed E-state index contributed by atoms with van der Waals surface area (Å²) in [7, 11) is 4.03. The van der Waals surface area contributed by atoms with E-state index in [1.807, 2.05) is 21.0 Å². The van der Waals surface area contributed by atoms with Crippen LogP contribution in [0, 0.1) is 0 Å². The van der Waals surface area contributed by atoms with Crippen molar-refractivity contribution in [1.29, 1.82) is 0 Å². The van der Waals surface area contributed by atoms with Crippen LogP contribution in [0.4, 0.5) is 5.69 Å². The zero-order chi connectivity index (χ0) is 15.9. The van der Waals surface area contributed by atoms with Gasteiger partial charge in [-0.1, -0.05) is 12.1 Å². The third-order valence-electron chi connectivity index (χ3n) is 3.43. The Balaban J connectivity index is 1.75. The standard InChI is InChI=1S/C16H23N5O/c1-13(10-21-12-17-11-18-21)19-16(22)9-6-14-4-7-15(8-5-14)20(2)3/h4-5,7-8,11-13H,6,9-10H2,1-3H3,(H,19,22)/t13-/m1/s1. The van der Waals surface area contributed by atoms with Gasteiger partial charge in [-0.25, -0.2) is 4.98 Å². The molecule has 0 fully saturated rings. The zero-order valence-electron chi connectivity index (χ0n) is 13.4. The topological polar surface area (TPSA) is 63.1 Å². The zero-order valence-corrected chi connectivity index (χ0v) is 13.4. The number of benzene rings is 1. The molecule has 6 nitrogen and oxygen atoms in total. The summed E-state index contributed by atoms with van der Waals surface area (Å²) in [6.45, 7) is 2.59. The summed E-state index contributed by atoms with van der Waals surface area (Å²) in [6, 6.07) is 8.31. The lowest BCUT2D eigenvalue weighted by Crippen LogP contribution is -2.35. The van der Waals surface area contributed by atoms with Gasteiger partial charge in [0.25, 0.3) is 0 Å². The van der Waals surface area contributed by atoms with E-state index in [0.29, 0.717) is 13.0 Å². The molecule has 1 aromatic carbocycles. The minimum absolute atomic E-state index is 0.0327. The molecule has 1 aromatic heterocycles. The van der Waals surface area contributed by atoms with Crippen LogP contribution in [0.25, 0.3) is 0 Å². The molecular weight excluding hydrogens is 278 g/mol. The number of anilines is 1. The summed E-state index contributed by atoms with van der Waals surface area (Å²) in [5, 5.41) is 7.01. The van der Waals surface area contributed by atoms with Gasteiger partial charge in [-0.3, -0.25) is 9.48 Å². The Kier molecular flexibility index (Phi) is 5.52. The molecule has 118 valence electrons. The number of hydrogen-bond donors (Lipinski definition) is 1. The van der Waals surface area contributed by atoms with Crippen molar-refractivity contribution in [3.8, 4) is 0 Å². The quantitative estimate of drug-likeness (QED) is 0.841. The van der Waals surface area contributed by atoms with Gasteiger partial charge in [0.2, 0.25) is 5.91 Å². The van der Waals surface area contributed by atoms with Crippen molar-refractivity contribution >= 4 is 11.6 Å². The summed E-state index contributed by atoms with van der Waals surface area (Å²) in [5.41, 5.74) is 2.33. The van der Waals surface area contributed by atoms with Gasteiger partial charge in [0, 0.05) is 32.2 Å². The molecule has 22 heavy (non-hydrogen) atoms. The lowest BCUT2D eigenvalue weighted by Gasteiger charge is -2.14. The number of nitrogens with zero attached hydrogens (tertiary/aromatic N) is 4. The molecule has 6 heteroatoms. The maximum absolute atomic E-state index is 12.0. The molecule has 0 radical (unpaired) electrons. The Morgan fingerprint density at radius 3 is 2.64 bits per heavy atom. The Labute approximate surface area is 131 Å². The van der Waals surface area contributed by atoms with E-state index in [1.54, 1.807) is 11.0 Å². The van der Waals surface area contributed by atoms with Crippen molar-refractivity contribution in [3.63, 3.8) is 0 Å². The smallest absolute Gasteiger partial charge is 0.220 e. The van der Waals surface area contributed by atoms with E-state index in [2.05, 4.69) is 44.6 Å². The average molecular weight is 301 g/mol. The van der Waals surface area contributed by atoms with E-state index in [9.17, 15) is 4.79 Å². The van der Waals surface area contributed by atoms with Crippen molar-refractivity contribution in [1.82, 2.24) is 20.1 Å². The van der Waals surface area contributed by atoms with Gasteiger partial charge in [0.05, 0.1) is 6.54 Å². The van der Waals surface area contributed by atoms with Crippen LogP contribution in [0.5, 0.6) is 0 Å². The van der Waals surface area contributed by atoms with Crippen LogP contribution in [0.15, 0.2) is 36.9 Å². The molecular formula is C16H23N5O. The number of rotatable bonds is 7. The number of hydrogen-bond acceptors (Lipinski definition) is 4. The normalized spacial score (nSPS) is 12.0. The van der Waals surface area contributed by atoms with Gasteiger partial charge in [-0.05, 0) is 31.0 Å². The van der Waals surface area contributed by atoms with Crippen LogP contribution in [0.3, 0.4) is 0 Å². The molecule has 0 unspecified atom stereocenters. The van der Waals surface area contributed by atoms with Gasteiger partial charge in [0.1, 0.15) is 12.7 Å². The van der Waals surface area contributed by atoms with Crippen LogP contribution in [-0.4, -0.2) is 40.8 Å². The Hall–Kier alpha value is -2.37. The van der Waals surface area contributed by atoms with Crippen molar-refractivity contribution in [3.05, 3.63) is 42.5 Å². The highest BCUT2D eigenvalue weighted by Crippen LogP contribution is 2.13. The molecule has 0 spiro atoms. The van der Waals surface area contributed by atoms with E-state index in [4.69, 9.17) is 0 Å². The van der Waals surface area contributed by atoms with Gasteiger partial charge >= 0.3 is 0 Å². The van der Waals surface area contributed by atoms with Crippen LogP contribution >= 0.6 is 0 Å². The molecule has 2 aromatic rings. The van der Waals surface area contributed by atoms with Gasteiger partial charge in [0.15, 0.2) is 0 Å². The Morgan fingerprint density at radius 2 is 2.05 bits per heavy atom. The second-order valence-corrected chi connectivity index (χ2v) is 5.65. The molecule has 0 aliphatic heterocycles. The second-order valence-electron chi connectivity index (χ2n) is 5.65. The SMILES string of the molecule is C[C@H](Cn1cncn1)NC(=O)CCc1ccc(N(C)C)cc1. The highest BCUT2D eigenvalue weighted by Gasteiger charge is 2.08. The van der Waals surface area contributed by atoms with E-state index in [-0.39, 0.29) is 11.9 Å². The number of carbonyl (C=O) groups excluding carboxylic acids is 1. The van der Waals surface area contributed by atoms with Crippen molar-refractivity contribution in [2.75, 3.05) is 19.0 Å². The van der Waals surface area contributed by atoms with Crippen molar-refractivity contribution in [2.45, 2.75) is 32.4 Å². The summed E-state index contributed by atoms with van der Waals surface area (Å²) in [4.78, 5) is 17.9. The number of aryl methyl sites for hydroxylation is 1. The molecule has 0 saturated heterocycles. The molecule has 2 rings (SSSR count). The molecule has 1 N–H and O–H groups in total. The molecule has 0 saturated carbocycles. The molecule has 0 aliphatic rings. The molecule has 1 heterocycles. The highest BCUT2D eigenvalue weighted by molar-refractivity contribution is 5.76. The summed E-state index contributed by atoms with van der Waals surface area (Å²) < 4.78 is 1.71. The number of aromatic nitrogens is 3. The lowest BCUT2D eigenvalue weighted by atomic mass is 10.1. The lowest BCUT2D eigenvalue weighted by molar-refractivity contribution is -0.121. The fourth-order valence-corrected chi connectivity index (χ4v) is 2.22. The number of nitrogens with one attached hydrogen (secondary N) is 1. The predicted molar refractivity (Wildman–Crippen MR) is 86.7 cm³/mol. The first-order valence-electron chi connectivity index (χ1n) is 7.42. The van der Waals surface area contributed by atoms with E-state index in [1.165, 1.54) is 11.9 Å². The molecule has 1 amide bonds. The van der Waals surface area contributed by atoms with Crippen LogP contribution < -0.4 is 10.2 Å². The first kappa shape index (κ1) is 16.0. The van der Waals surface area contributed by atoms with E-state index < -0.39 is 0 Å². The third kappa shape index (κ3) is 4.87. The summed E-state index contributed by atoms with van der Waals surface area (Å²) in [6.07, 6.45) is 4.37. The third-order valence-corrected chi connectivity index (χ3v) is 3.43. The summed E-state index contributed by atoms with van der Waals surface area (Å²) >= 11 is 0. The number of amides is 1. The number of carbonyl (C=O) groups is 1. The van der Waals surface area contributed by atoms with Crippen LogP contribution in [0.1, 0.15) is 18.9 Å². The average Bonchev–Trinajstić information content (AvgIpc) is 2.98. The monoisotopic (exact) mass is 301 g/mol. The van der Waals surface area contributed by atoms with Gasteiger partial charge < -0.3 is 10.2 Å². The maximum atomic E-state index is 12.0. The molecule has 1 atom stereocenters. The van der Waals surface area contributed by atoms with E-state index in [0.717, 1.165) is 12.1 Å². The highest BCUT2D eigenvalue weighted by atomic mass is 16.1. The maximum Gasteiger partial charge on any atom is 0.220 e. The fraction of sp³-hybridized carbons (Fsp3) is 0.438. The second kappa shape index (κ2) is 7.59. The molecule has 0 aliphatic carbocycles. The van der Waals surface area contributed by atoms with Crippen molar-refractivity contribution in [2.24, 2.45) is 0 Å². The molecule has 0 bridgehead atoms. The first-order valence-corrected chi connectivity index (χ1v) is 7.42. The Bertz CT molecular complexity index is 577. The van der Waals surface area contributed by atoms with Crippen molar-refractivity contribution < 1.29 is 4.79 Å². The van der Waals surface area contributed by atoms with E-state index >= 15 is 0 Å². The summed E-state index contributed by atoms with van der Waals surface area (Å²) in [5.74, 6) is 0.0595. The fourth-order valence-electron chi connectivity index (χ4n) is 2.22. The largest absolute Gasteiger partial charge is 0.378 e. The van der Waals surface area contributed by atoms with Crippen LogP contribution in [0.2, 0.25) is 0 Å². The van der Waals surface area contributed by atoms with Gasteiger partial charge in [-0.15, -0.1) is 0 Å². The van der Waals surface area contributed by atoms with Gasteiger partial charge in [-0.2, -0.15) is 5.10 Å². The first-order chi connectivity index (χ1) is 10.5. The Morgan fingerprint density at radius 1 is 1.32 bits per heavy atom. The predicted octanol–water partition coefficient (Wildman–Crippen LogP) is 1.48. The minimum atomic E-state index is 0.0327. The van der Waals surface area contributed by atoms with Crippen LogP contribution in [-0.2, 0) is 17.8 Å².